The number of nitrogens with zero attached hydrogens (tertiary/aromatic N) is 2. The average molecular weight is 368 g/mol. The van der Waals surface area contributed by atoms with Crippen molar-refractivity contribution in [2.75, 3.05) is 15.5 Å². The molecule has 138 valence electrons. The minimum Gasteiger partial charge on any atom is -0.326 e. The van der Waals surface area contributed by atoms with E-state index in [1.54, 1.807) is 24.3 Å². The van der Waals surface area contributed by atoms with E-state index >= 15 is 0 Å². The van der Waals surface area contributed by atoms with Gasteiger partial charge in [-0.2, -0.15) is 0 Å². The highest BCUT2D eigenvalue weighted by Crippen LogP contribution is 2.33. The molecule has 0 saturated carbocycles. The molecular formula is C18H16N4O5. The zero-order valence-corrected chi connectivity index (χ0v) is 14.3. The van der Waals surface area contributed by atoms with Gasteiger partial charge < -0.3 is 10.6 Å². The molecule has 0 fully saturated rings. The molecule has 9 nitrogen and oxygen atoms in total. The molecule has 0 bridgehead atoms. The van der Waals surface area contributed by atoms with E-state index in [1.165, 1.54) is 36.1 Å². The zero-order valence-electron chi connectivity index (χ0n) is 14.3. The molecule has 2 aromatic carbocycles. The normalized spacial score (nSPS) is 15.5. The van der Waals surface area contributed by atoms with Crippen LogP contribution < -0.4 is 15.5 Å². The SMILES string of the molecule is CC(=O)N1c2ccccc2NC(=O)[C@@H]1CC(=O)Nc1cccc([N+](=O)[O-])c1. The summed E-state index contributed by atoms with van der Waals surface area (Å²) in [4.78, 5) is 48.5. The molecule has 0 saturated heterocycles. The van der Waals surface area contributed by atoms with Crippen molar-refractivity contribution in [3.8, 4) is 0 Å². The number of benzene rings is 2. The van der Waals surface area contributed by atoms with E-state index in [2.05, 4.69) is 10.6 Å². The molecule has 0 aliphatic carbocycles. The molecule has 9 heteroatoms. The van der Waals surface area contributed by atoms with Crippen molar-refractivity contribution in [1.29, 1.82) is 0 Å². The number of anilines is 3. The van der Waals surface area contributed by atoms with Gasteiger partial charge in [0.25, 0.3) is 5.69 Å². The topological polar surface area (TPSA) is 122 Å². The number of para-hydroxylation sites is 2. The van der Waals surface area contributed by atoms with Crippen LogP contribution in [-0.2, 0) is 14.4 Å². The first-order valence-corrected chi connectivity index (χ1v) is 8.11. The second-order valence-electron chi connectivity index (χ2n) is 5.97. The van der Waals surface area contributed by atoms with E-state index in [0.29, 0.717) is 11.4 Å². The highest BCUT2D eigenvalue weighted by molar-refractivity contribution is 6.13. The fraction of sp³-hybridized carbons (Fsp3) is 0.167. The summed E-state index contributed by atoms with van der Waals surface area (Å²) >= 11 is 0. The maximum atomic E-state index is 12.4. The standard InChI is InChI=1S/C18H16N4O5/c1-11(23)21-15-8-3-2-7-14(15)20-18(25)16(21)10-17(24)19-12-5-4-6-13(9-12)22(26)27/h2-9,16H,10H2,1H3,(H,19,24)(H,20,25)/t16-/m0/s1. The number of hydrogen-bond donors (Lipinski definition) is 2. The van der Waals surface area contributed by atoms with Crippen LogP contribution in [0.2, 0.25) is 0 Å². The van der Waals surface area contributed by atoms with Crippen molar-refractivity contribution in [2.24, 2.45) is 0 Å². The van der Waals surface area contributed by atoms with Crippen LogP contribution in [0.4, 0.5) is 22.7 Å². The van der Waals surface area contributed by atoms with Crippen molar-refractivity contribution in [2.45, 2.75) is 19.4 Å². The molecule has 3 amide bonds. The molecule has 0 aromatic heterocycles. The molecule has 1 heterocycles. The number of nitro groups is 1. The Morgan fingerprint density at radius 1 is 1.22 bits per heavy atom. The number of carbonyl (C=O) groups excluding carboxylic acids is 3. The lowest BCUT2D eigenvalue weighted by Crippen LogP contribution is -2.51. The van der Waals surface area contributed by atoms with E-state index in [0.717, 1.165) is 0 Å². The molecule has 2 aromatic rings. The number of nitrogens with one attached hydrogen (secondary N) is 2. The molecular weight excluding hydrogens is 352 g/mol. The van der Waals surface area contributed by atoms with Crippen molar-refractivity contribution < 1.29 is 19.3 Å². The largest absolute Gasteiger partial charge is 0.326 e. The molecule has 0 spiro atoms. The summed E-state index contributed by atoms with van der Waals surface area (Å²) in [6.45, 7) is 1.32. The summed E-state index contributed by atoms with van der Waals surface area (Å²) in [5.41, 5.74) is 1.08. The van der Waals surface area contributed by atoms with Gasteiger partial charge in [-0.25, -0.2) is 0 Å². The quantitative estimate of drug-likeness (QED) is 0.633. The Morgan fingerprint density at radius 3 is 2.67 bits per heavy atom. The Balaban J connectivity index is 1.80. The number of nitro benzene ring substituents is 1. The van der Waals surface area contributed by atoms with Crippen LogP contribution in [0.25, 0.3) is 0 Å². The van der Waals surface area contributed by atoms with Crippen LogP contribution in [-0.4, -0.2) is 28.7 Å². The van der Waals surface area contributed by atoms with Crippen LogP contribution in [0.3, 0.4) is 0 Å². The summed E-state index contributed by atoms with van der Waals surface area (Å²) in [5.74, 6) is -1.38. The van der Waals surface area contributed by atoms with Crippen molar-refractivity contribution in [3.63, 3.8) is 0 Å². The number of non-ortho nitro benzene ring substituents is 1. The second kappa shape index (κ2) is 7.24. The van der Waals surface area contributed by atoms with Gasteiger partial charge in [0.2, 0.25) is 17.7 Å². The predicted molar refractivity (Wildman–Crippen MR) is 98.4 cm³/mol. The smallest absolute Gasteiger partial charge is 0.271 e. The number of carbonyl (C=O) groups is 3. The Kier molecular flexibility index (Phi) is 4.84. The van der Waals surface area contributed by atoms with Crippen LogP contribution in [0.15, 0.2) is 48.5 Å². The average Bonchev–Trinajstić information content (AvgIpc) is 2.62. The number of amides is 3. The van der Waals surface area contributed by atoms with Gasteiger partial charge >= 0.3 is 0 Å². The molecule has 2 N–H and O–H groups in total. The fourth-order valence-electron chi connectivity index (χ4n) is 2.95. The Hall–Kier alpha value is -3.75. The van der Waals surface area contributed by atoms with Crippen molar-refractivity contribution in [3.05, 3.63) is 58.6 Å². The maximum absolute atomic E-state index is 12.4. The van der Waals surface area contributed by atoms with Gasteiger partial charge in [-0.15, -0.1) is 0 Å². The molecule has 1 atom stereocenters. The van der Waals surface area contributed by atoms with Gasteiger partial charge in [-0.05, 0) is 18.2 Å². The van der Waals surface area contributed by atoms with Crippen molar-refractivity contribution >= 4 is 40.5 Å². The summed E-state index contributed by atoms with van der Waals surface area (Å²) in [5, 5.41) is 16.0. The molecule has 1 aliphatic heterocycles. The third-order valence-corrected chi connectivity index (χ3v) is 4.09. The van der Waals surface area contributed by atoms with Gasteiger partial charge in [-0.3, -0.25) is 29.4 Å². The summed E-state index contributed by atoms with van der Waals surface area (Å²) in [6, 6.07) is 11.3. The minimum absolute atomic E-state index is 0.164. The number of hydrogen-bond acceptors (Lipinski definition) is 5. The zero-order chi connectivity index (χ0) is 19.6. The number of fused-ring (bicyclic) bond motifs is 1. The van der Waals surface area contributed by atoms with Crippen LogP contribution in [0.1, 0.15) is 13.3 Å². The fourth-order valence-corrected chi connectivity index (χ4v) is 2.95. The third-order valence-electron chi connectivity index (χ3n) is 4.09. The van der Waals surface area contributed by atoms with E-state index < -0.39 is 22.8 Å². The lowest BCUT2D eigenvalue weighted by molar-refractivity contribution is -0.384. The van der Waals surface area contributed by atoms with Crippen LogP contribution in [0, 0.1) is 10.1 Å². The highest BCUT2D eigenvalue weighted by Gasteiger charge is 2.36. The first-order chi connectivity index (χ1) is 12.9. The van der Waals surface area contributed by atoms with E-state index in [4.69, 9.17) is 0 Å². The Morgan fingerprint density at radius 2 is 1.96 bits per heavy atom. The molecule has 1 aliphatic rings. The van der Waals surface area contributed by atoms with Gasteiger partial charge in [0, 0.05) is 24.7 Å². The Labute approximate surface area is 154 Å². The minimum atomic E-state index is -1.02. The van der Waals surface area contributed by atoms with Gasteiger partial charge in [-0.1, -0.05) is 18.2 Å². The third kappa shape index (κ3) is 3.76. The molecule has 0 radical (unpaired) electrons. The molecule has 27 heavy (non-hydrogen) atoms. The monoisotopic (exact) mass is 368 g/mol. The lowest BCUT2D eigenvalue weighted by Gasteiger charge is -2.35. The summed E-state index contributed by atoms with van der Waals surface area (Å²) in [6.07, 6.45) is -0.289. The predicted octanol–water partition coefficient (Wildman–Crippen LogP) is 2.30. The van der Waals surface area contributed by atoms with Gasteiger partial charge in [0.05, 0.1) is 22.7 Å². The summed E-state index contributed by atoms with van der Waals surface area (Å²) in [7, 11) is 0. The Bertz CT molecular complexity index is 943. The van der Waals surface area contributed by atoms with Crippen LogP contribution in [0.5, 0.6) is 0 Å². The first kappa shape index (κ1) is 18.1. The lowest BCUT2D eigenvalue weighted by atomic mass is 10.0. The summed E-state index contributed by atoms with van der Waals surface area (Å²) < 4.78 is 0. The first-order valence-electron chi connectivity index (χ1n) is 8.11. The molecule has 3 rings (SSSR count). The van der Waals surface area contributed by atoms with E-state index in [-0.39, 0.29) is 23.7 Å². The highest BCUT2D eigenvalue weighted by atomic mass is 16.6. The maximum Gasteiger partial charge on any atom is 0.271 e. The second-order valence-corrected chi connectivity index (χ2v) is 5.97. The van der Waals surface area contributed by atoms with Gasteiger partial charge in [0.1, 0.15) is 6.04 Å². The van der Waals surface area contributed by atoms with Gasteiger partial charge in [0.15, 0.2) is 0 Å². The number of rotatable bonds is 4. The van der Waals surface area contributed by atoms with Crippen molar-refractivity contribution in [1.82, 2.24) is 0 Å². The van der Waals surface area contributed by atoms with E-state index in [1.807, 2.05) is 0 Å². The van der Waals surface area contributed by atoms with Crippen LogP contribution >= 0.6 is 0 Å². The van der Waals surface area contributed by atoms with E-state index in [9.17, 15) is 24.5 Å². The molecule has 0 unspecified atom stereocenters.